The Bertz CT molecular complexity index is 138. The molecule has 13 heavy (non-hydrogen) atoms. The fourth-order valence-corrected chi connectivity index (χ4v) is 2.48. The summed E-state index contributed by atoms with van der Waals surface area (Å²) in [5, 5.41) is 4.00. The predicted molar refractivity (Wildman–Crippen MR) is 59.4 cm³/mol. The molecule has 1 nitrogen and oxygen atoms in total. The van der Waals surface area contributed by atoms with Crippen LogP contribution in [0.5, 0.6) is 0 Å². The Balaban J connectivity index is 2.10. The van der Waals surface area contributed by atoms with Gasteiger partial charge >= 0.3 is 0 Å². The minimum Gasteiger partial charge on any atom is -0.314 e. The van der Waals surface area contributed by atoms with Crippen LogP contribution in [0, 0.1) is 5.92 Å². The summed E-state index contributed by atoms with van der Waals surface area (Å²) in [5.74, 6) is 0.723. The minimum absolute atomic E-state index is 0.432. The third-order valence-electron chi connectivity index (χ3n) is 3.02. The molecular weight excluding hydrogens is 182 g/mol. The van der Waals surface area contributed by atoms with Crippen LogP contribution < -0.4 is 5.32 Å². The molecule has 2 heteroatoms. The van der Waals surface area contributed by atoms with Gasteiger partial charge in [0.1, 0.15) is 0 Å². The van der Waals surface area contributed by atoms with Crippen molar-refractivity contribution in [1.29, 1.82) is 0 Å². The summed E-state index contributed by atoms with van der Waals surface area (Å²) >= 11 is 6.20. The average Bonchev–Trinajstić information content (AvgIpc) is 2.48. The normalized spacial score (nSPS) is 30.7. The van der Waals surface area contributed by atoms with E-state index in [1.165, 1.54) is 32.1 Å². The maximum atomic E-state index is 6.20. The molecule has 0 spiro atoms. The molecule has 78 valence electrons. The van der Waals surface area contributed by atoms with Gasteiger partial charge in [0.15, 0.2) is 0 Å². The Morgan fingerprint density at radius 1 is 1.46 bits per heavy atom. The van der Waals surface area contributed by atoms with E-state index >= 15 is 0 Å². The lowest BCUT2D eigenvalue weighted by Crippen LogP contribution is -2.32. The van der Waals surface area contributed by atoms with Crippen LogP contribution >= 0.6 is 11.6 Å². The first-order chi connectivity index (χ1) is 6.24. The van der Waals surface area contributed by atoms with Crippen LogP contribution in [0.15, 0.2) is 0 Å². The van der Waals surface area contributed by atoms with Gasteiger partial charge in [0, 0.05) is 11.4 Å². The molecule has 1 N–H and O–H groups in total. The van der Waals surface area contributed by atoms with Gasteiger partial charge in [0.2, 0.25) is 0 Å². The number of hydrogen-bond donors (Lipinski definition) is 1. The molecule has 0 aliphatic heterocycles. The van der Waals surface area contributed by atoms with E-state index in [1.54, 1.807) is 0 Å². The molecule has 0 aromatic rings. The molecule has 0 aromatic carbocycles. The first-order valence-electron chi connectivity index (χ1n) is 5.61. The zero-order valence-corrected chi connectivity index (χ0v) is 9.61. The Morgan fingerprint density at radius 2 is 2.23 bits per heavy atom. The average molecular weight is 204 g/mol. The topological polar surface area (TPSA) is 12.0 Å². The Labute approximate surface area is 87.2 Å². The van der Waals surface area contributed by atoms with Crippen LogP contribution in [0.4, 0.5) is 0 Å². The number of nitrogens with one attached hydrogen (secondary N) is 1. The number of halogens is 1. The molecule has 0 heterocycles. The van der Waals surface area contributed by atoms with Crippen molar-refractivity contribution in [3.63, 3.8) is 0 Å². The highest BCUT2D eigenvalue weighted by Crippen LogP contribution is 2.29. The number of rotatable bonds is 5. The lowest BCUT2D eigenvalue weighted by atomic mass is 10.1. The van der Waals surface area contributed by atoms with Crippen molar-refractivity contribution in [2.75, 3.05) is 6.54 Å². The summed E-state index contributed by atoms with van der Waals surface area (Å²) in [5.41, 5.74) is 0. The third kappa shape index (κ3) is 3.86. The van der Waals surface area contributed by atoms with Crippen LogP contribution in [-0.2, 0) is 0 Å². The molecule has 1 saturated carbocycles. The van der Waals surface area contributed by atoms with E-state index < -0.39 is 0 Å². The summed E-state index contributed by atoms with van der Waals surface area (Å²) in [7, 11) is 0. The van der Waals surface area contributed by atoms with Crippen molar-refractivity contribution < 1.29 is 0 Å². The van der Waals surface area contributed by atoms with Crippen LogP contribution in [0.25, 0.3) is 0 Å². The molecular formula is C11H22ClN. The molecule has 1 aliphatic carbocycles. The lowest BCUT2D eigenvalue weighted by molar-refractivity contribution is 0.432. The van der Waals surface area contributed by atoms with E-state index in [2.05, 4.69) is 19.2 Å². The van der Waals surface area contributed by atoms with E-state index in [0.717, 1.165) is 12.5 Å². The lowest BCUT2D eigenvalue weighted by Gasteiger charge is -2.18. The van der Waals surface area contributed by atoms with Crippen molar-refractivity contribution >= 4 is 11.6 Å². The zero-order chi connectivity index (χ0) is 9.68. The van der Waals surface area contributed by atoms with Gasteiger partial charge in [0.25, 0.3) is 0 Å². The summed E-state index contributed by atoms with van der Waals surface area (Å²) < 4.78 is 0. The molecule has 3 atom stereocenters. The van der Waals surface area contributed by atoms with Crippen molar-refractivity contribution in [2.45, 2.75) is 57.4 Å². The minimum atomic E-state index is 0.432. The van der Waals surface area contributed by atoms with Crippen LogP contribution in [0.3, 0.4) is 0 Å². The van der Waals surface area contributed by atoms with Gasteiger partial charge in [-0.3, -0.25) is 0 Å². The Hall–Kier alpha value is 0.250. The van der Waals surface area contributed by atoms with Gasteiger partial charge in [-0.25, -0.2) is 0 Å². The van der Waals surface area contributed by atoms with E-state index in [-0.39, 0.29) is 0 Å². The summed E-state index contributed by atoms with van der Waals surface area (Å²) in [6.45, 7) is 5.62. The van der Waals surface area contributed by atoms with E-state index in [4.69, 9.17) is 11.6 Å². The van der Waals surface area contributed by atoms with Crippen molar-refractivity contribution in [2.24, 2.45) is 5.92 Å². The highest BCUT2D eigenvalue weighted by molar-refractivity contribution is 6.20. The Morgan fingerprint density at radius 3 is 2.77 bits per heavy atom. The largest absolute Gasteiger partial charge is 0.314 e. The quantitative estimate of drug-likeness (QED) is 0.677. The van der Waals surface area contributed by atoms with Gasteiger partial charge in [-0.1, -0.05) is 19.8 Å². The first-order valence-corrected chi connectivity index (χ1v) is 6.05. The van der Waals surface area contributed by atoms with E-state index in [1.807, 2.05) is 0 Å². The third-order valence-corrected chi connectivity index (χ3v) is 3.59. The Kier molecular flexibility index (Phi) is 5.12. The highest BCUT2D eigenvalue weighted by atomic mass is 35.5. The molecule has 0 aromatic heterocycles. The van der Waals surface area contributed by atoms with Gasteiger partial charge in [-0.15, -0.1) is 11.6 Å². The summed E-state index contributed by atoms with van der Waals surface area (Å²) in [6, 6.07) is 0.662. The molecule has 0 bridgehead atoms. The highest BCUT2D eigenvalue weighted by Gasteiger charge is 2.24. The molecule has 0 amide bonds. The molecule has 0 saturated heterocycles. The maximum absolute atomic E-state index is 6.20. The second-order valence-corrected chi connectivity index (χ2v) is 4.87. The van der Waals surface area contributed by atoms with Crippen molar-refractivity contribution in [3.05, 3.63) is 0 Å². The predicted octanol–water partition coefficient (Wildman–Crippen LogP) is 3.17. The monoisotopic (exact) mass is 203 g/mol. The summed E-state index contributed by atoms with van der Waals surface area (Å²) in [6.07, 6.45) is 6.40. The SMILES string of the molecule is CCCC(C)NCC1CCCC1Cl. The molecule has 3 unspecified atom stereocenters. The van der Waals surface area contributed by atoms with Crippen LogP contribution in [0.1, 0.15) is 46.0 Å². The van der Waals surface area contributed by atoms with Crippen LogP contribution in [-0.4, -0.2) is 18.0 Å². The molecule has 1 fully saturated rings. The van der Waals surface area contributed by atoms with Crippen LogP contribution in [0.2, 0.25) is 0 Å². The number of hydrogen-bond acceptors (Lipinski definition) is 1. The van der Waals surface area contributed by atoms with Gasteiger partial charge in [0.05, 0.1) is 0 Å². The van der Waals surface area contributed by atoms with E-state index in [9.17, 15) is 0 Å². The second kappa shape index (κ2) is 5.87. The summed E-state index contributed by atoms with van der Waals surface area (Å²) in [4.78, 5) is 0. The fraction of sp³-hybridized carbons (Fsp3) is 1.00. The smallest absolute Gasteiger partial charge is 0.0376 e. The standard InChI is InChI=1S/C11H22ClN/c1-3-5-9(2)13-8-10-6-4-7-11(10)12/h9-11,13H,3-8H2,1-2H3. The van der Waals surface area contributed by atoms with Crippen molar-refractivity contribution in [3.8, 4) is 0 Å². The fourth-order valence-electron chi connectivity index (χ4n) is 2.11. The van der Waals surface area contributed by atoms with Gasteiger partial charge in [-0.2, -0.15) is 0 Å². The number of alkyl halides is 1. The zero-order valence-electron chi connectivity index (χ0n) is 8.85. The first kappa shape index (κ1) is 11.3. The van der Waals surface area contributed by atoms with Crippen molar-refractivity contribution in [1.82, 2.24) is 5.32 Å². The molecule has 1 aliphatic rings. The van der Waals surface area contributed by atoms with E-state index in [0.29, 0.717) is 11.4 Å². The second-order valence-electron chi connectivity index (χ2n) is 4.30. The molecule has 0 radical (unpaired) electrons. The maximum Gasteiger partial charge on any atom is 0.0376 e. The van der Waals surface area contributed by atoms with Gasteiger partial charge < -0.3 is 5.32 Å². The van der Waals surface area contributed by atoms with Gasteiger partial charge in [-0.05, 0) is 38.6 Å². The molecule has 1 rings (SSSR count).